The maximum Gasteiger partial charge on any atom is 0.417 e. The zero-order valence-corrected chi connectivity index (χ0v) is 12.6. The summed E-state index contributed by atoms with van der Waals surface area (Å²) in [6.45, 7) is 0.205. The molecule has 6 nitrogen and oxygen atoms in total. The normalized spacial score (nSPS) is 20.0. The predicted molar refractivity (Wildman–Crippen MR) is 73.9 cm³/mol. The molecule has 0 N–H and O–H groups in total. The fourth-order valence-electron chi connectivity index (χ4n) is 2.62. The molecular formula is C13H13F3N4O2S. The van der Waals surface area contributed by atoms with Crippen LogP contribution in [0.2, 0.25) is 0 Å². The molecule has 0 unspecified atom stereocenters. The van der Waals surface area contributed by atoms with Gasteiger partial charge in [-0.05, 0) is 18.6 Å². The number of aromatic nitrogens is 3. The van der Waals surface area contributed by atoms with Gasteiger partial charge in [0, 0.05) is 19.3 Å². The second kappa shape index (κ2) is 5.60. The van der Waals surface area contributed by atoms with Gasteiger partial charge in [0.05, 0.1) is 22.7 Å². The summed E-state index contributed by atoms with van der Waals surface area (Å²) in [4.78, 5) is -0.716. The lowest BCUT2D eigenvalue weighted by Gasteiger charge is -2.19. The van der Waals surface area contributed by atoms with Gasteiger partial charge in [0.1, 0.15) is 0 Å². The fourth-order valence-corrected chi connectivity index (χ4v) is 4.33. The van der Waals surface area contributed by atoms with Crippen LogP contribution in [0.1, 0.15) is 18.0 Å². The Labute approximate surface area is 130 Å². The maximum absolute atomic E-state index is 13.1. The molecule has 0 radical (unpaired) electrons. The van der Waals surface area contributed by atoms with Crippen LogP contribution in [0.4, 0.5) is 13.2 Å². The first-order chi connectivity index (χ1) is 10.8. The lowest BCUT2D eigenvalue weighted by Crippen LogP contribution is -2.31. The highest BCUT2D eigenvalue weighted by atomic mass is 32.2. The molecule has 10 heteroatoms. The van der Waals surface area contributed by atoms with Crippen molar-refractivity contribution < 1.29 is 21.6 Å². The highest BCUT2D eigenvalue weighted by molar-refractivity contribution is 7.89. The molecule has 0 spiro atoms. The monoisotopic (exact) mass is 346 g/mol. The average molecular weight is 346 g/mol. The van der Waals surface area contributed by atoms with Crippen molar-refractivity contribution in [1.82, 2.24) is 19.3 Å². The topological polar surface area (TPSA) is 68.1 Å². The maximum atomic E-state index is 13.1. The molecule has 1 aromatic heterocycles. The standard InChI is InChI=1S/C13H13F3N4O2S/c14-13(15,16)11-3-1-2-4-12(11)23(21,22)19-7-5-10(9-19)20-8-6-17-18-20/h1-4,6,8,10H,5,7,9H2/t10-/m1/s1. The van der Waals surface area contributed by atoms with E-state index in [9.17, 15) is 21.6 Å². The van der Waals surface area contributed by atoms with Crippen LogP contribution in [-0.2, 0) is 16.2 Å². The van der Waals surface area contributed by atoms with Gasteiger partial charge < -0.3 is 0 Å². The quantitative estimate of drug-likeness (QED) is 0.852. The summed E-state index contributed by atoms with van der Waals surface area (Å²) in [6, 6.07) is 3.99. The van der Waals surface area contributed by atoms with E-state index in [4.69, 9.17) is 0 Å². The van der Waals surface area contributed by atoms with Crippen LogP contribution < -0.4 is 0 Å². The van der Waals surface area contributed by atoms with Crippen LogP contribution in [0.15, 0.2) is 41.6 Å². The van der Waals surface area contributed by atoms with E-state index in [1.54, 1.807) is 6.20 Å². The smallest absolute Gasteiger partial charge is 0.248 e. The summed E-state index contributed by atoms with van der Waals surface area (Å²) in [5, 5.41) is 7.46. The highest BCUT2D eigenvalue weighted by Crippen LogP contribution is 2.36. The number of rotatable bonds is 3. The van der Waals surface area contributed by atoms with Crippen molar-refractivity contribution in [2.75, 3.05) is 13.1 Å². The molecule has 124 valence electrons. The van der Waals surface area contributed by atoms with Crippen LogP contribution >= 0.6 is 0 Å². The molecule has 1 aromatic carbocycles. The zero-order valence-electron chi connectivity index (χ0n) is 11.8. The van der Waals surface area contributed by atoms with E-state index < -0.39 is 26.7 Å². The third-order valence-corrected chi connectivity index (χ3v) is 5.67. The lowest BCUT2D eigenvalue weighted by molar-refractivity contribution is -0.139. The Bertz CT molecular complexity index is 790. The highest BCUT2D eigenvalue weighted by Gasteiger charge is 2.41. The van der Waals surface area contributed by atoms with E-state index in [1.165, 1.54) is 23.0 Å². The van der Waals surface area contributed by atoms with Gasteiger partial charge in [-0.2, -0.15) is 17.5 Å². The minimum Gasteiger partial charge on any atom is -0.248 e. The van der Waals surface area contributed by atoms with Gasteiger partial charge in [0.2, 0.25) is 10.0 Å². The van der Waals surface area contributed by atoms with Crippen molar-refractivity contribution in [2.24, 2.45) is 0 Å². The van der Waals surface area contributed by atoms with Gasteiger partial charge in [-0.3, -0.25) is 0 Å². The minimum absolute atomic E-state index is 0.0673. The largest absolute Gasteiger partial charge is 0.417 e. The van der Waals surface area contributed by atoms with Gasteiger partial charge >= 0.3 is 6.18 Å². The van der Waals surface area contributed by atoms with Gasteiger partial charge in [0.15, 0.2) is 0 Å². The van der Waals surface area contributed by atoms with Crippen molar-refractivity contribution in [2.45, 2.75) is 23.5 Å². The SMILES string of the molecule is O=S(=O)(c1ccccc1C(F)(F)F)N1CC[C@@H](n2ccnn2)C1. The van der Waals surface area contributed by atoms with Gasteiger partial charge in [-0.15, -0.1) is 5.10 Å². The Morgan fingerprint density at radius 1 is 1.22 bits per heavy atom. The Morgan fingerprint density at radius 3 is 2.61 bits per heavy atom. The number of alkyl halides is 3. The summed E-state index contributed by atoms with van der Waals surface area (Å²) in [5.41, 5.74) is -1.15. The van der Waals surface area contributed by atoms with Crippen LogP contribution in [-0.4, -0.2) is 40.8 Å². The molecule has 2 aromatic rings. The summed E-state index contributed by atoms with van der Waals surface area (Å²) in [5.74, 6) is 0. The molecule has 0 amide bonds. The molecule has 0 saturated carbocycles. The fraction of sp³-hybridized carbons (Fsp3) is 0.385. The first-order valence-corrected chi connectivity index (χ1v) is 8.26. The zero-order chi connectivity index (χ0) is 16.7. The van der Waals surface area contributed by atoms with Crippen molar-refractivity contribution >= 4 is 10.0 Å². The molecule has 1 fully saturated rings. The second-order valence-electron chi connectivity index (χ2n) is 5.18. The van der Waals surface area contributed by atoms with Crippen LogP contribution in [0, 0.1) is 0 Å². The molecule has 23 heavy (non-hydrogen) atoms. The van der Waals surface area contributed by atoms with Gasteiger partial charge in [-0.1, -0.05) is 17.3 Å². The number of sulfonamides is 1. The second-order valence-corrected chi connectivity index (χ2v) is 7.09. The van der Waals surface area contributed by atoms with Crippen LogP contribution in [0.3, 0.4) is 0 Å². The summed E-state index contributed by atoms with van der Waals surface area (Å²) in [7, 11) is -4.22. The lowest BCUT2D eigenvalue weighted by atomic mass is 10.2. The van der Waals surface area contributed by atoms with E-state index in [-0.39, 0.29) is 19.1 Å². The molecule has 1 aliphatic heterocycles. The number of halogens is 3. The minimum atomic E-state index is -4.73. The summed E-state index contributed by atoms with van der Waals surface area (Å²) in [6.07, 6.45) is -1.19. The first-order valence-electron chi connectivity index (χ1n) is 6.82. The van der Waals surface area contributed by atoms with Crippen molar-refractivity contribution in [3.05, 3.63) is 42.2 Å². The average Bonchev–Trinajstić information content (AvgIpc) is 3.17. The molecule has 1 saturated heterocycles. The molecule has 1 aliphatic rings. The Morgan fingerprint density at radius 2 is 1.96 bits per heavy atom. The molecule has 3 rings (SSSR count). The third kappa shape index (κ3) is 2.95. The Balaban J connectivity index is 1.92. The van der Waals surface area contributed by atoms with E-state index >= 15 is 0 Å². The summed E-state index contributed by atoms with van der Waals surface area (Å²) < 4.78 is 67.0. The van der Waals surface area contributed by atoms with Crippen molar-refractivity contribution in [3.63, 3.8) is 0 Å². The van der Waals surface area contributed by atoms with E-state index in [0.717, 1.165) is 16.4 Å². The van der Waals surface area contributed by atoms with Crippen molar-refractivity contribution in [1.29, 1.82) is 0 Å². The molecule has 0 bridgehead atoms. The Kier molecular flexibility index (Phi) is 3.88. The molecule has 0 aliphatic carbocycles. The van der Waals surface area contributed by atoms with Crippen LogP contribution in [0.25, 0.3) is 0 Å². The molecular weight excluding hydrogens is 333 g/mol. The predicted octanol–water partition coefficient (Wildman–Crippen LogP) is 1.93. The van der Waals surface area contributed by atoms with Gasteiger partial charge in [0.25, 0.3) is 0 Å². The number of nitrogens with zero attached hydrogens (tertiary/aromatic N) is 4. The Hall–Kier alpha value is -1.94. The van der Waals surface area contributed by atoms with Gasteiger partial charge in [-0.25, -0.2) is 13.1 Å². The molecule has 1 atom stereocenters. The molecule has 2 heterocycles. The van der Waals surface area contributed by atoms with E-state index in [2.05, 4.69) is 10.3 Å². The van der Waals surface area contributed by atoms with Crippen molar-refractivity contribution in [3.8, 4) is 0 Å². The number of hydrogen-bond acceptors (Lipinski definition) is 4. The number of benzene rings is 1. The first kappa shape index (κ1) is 15.9. The van der Waals surface area contributed by atoms with E-state index in [0.29, 0.717) is 6.42 Å². The van der Waals surface area contributed by atoms with Crippen LogP contribution in [0.5, 0.6) is 0 Å². The third-order valence-electron chi connectivity index (χ3n) is 3.75. The number of hydrogen-bond donors (Lipinski definition) is 0. The van der Waals surface area contributed by atoms with E-state index in [1.807, 2.05) is 0 Å². The summed E-state index contributed by atoms with van der Waals surface area (Å²) >= 11 is 0.